The van der Waals surface area contributed by atoms with Gasteiger partial charge in [0.1, 0.15) is 11.2 Å². The van der Waals surface area contributed by atoms with Gasteiger partial charge in [0.15, 0.2) is 0 Å². The zero-order chi connectivity index (χ0) is 22.0. The lowest BCUT2D eigenvalue weighted by Gasteiger charge is -2.24. The Labute approximate surface area is 168 Å². The number of nitrogens with zero attached hydrogens (tertiary/aromatic N) is 1. The molecule has 0 saturated heterocycles. The minimum atomic E-state index is -3.53. The van der Waals surface area contributed by atoms with Crippen LogP contribution in [0, 0.1) is 0 Å². The van der Waals surface area contributed by atoms with E-state index in [0.717, 1.165) is 6.26 Å². The summed E-state index contributed by atoms with van der Waals surface area (Å²) >= 11 is 0. The maximum atomic E-state index is 11.7. The van der Waals surface area contributed by atoms with Crippen molar-refractivity contribution in [2.45, 2.75) is 52.7 Å². The molecule has 28 heavy (non-hydrogen) atoms. The first-order valence-corrected chi connectivity index (χ1v) is 10.9. The maximum absolute atomic E-state index is 11.7. The SMILES string of the molecule is CC(C)(C)OC(=O)NCCN(CCNC(=O)OC(C)(C)C)CCOS(C)(=O)=O. The molecule has 0 aliphatic heterocycles. The van der Waals surface area contributed by atoms with E-state index in [1.165, 1.54) is 0 Å². The van der Waals surface area contributed by atoms with E-state index < -0.39 is 33.5 Å². The molecule has 0 unspecified atom stereocenters. The summed E-state index contributed by atoms with van der Waals surface area (Å²) in [5.41, 5.74) is -1.19. The minimum Gasteiger partial charge on any atom is -0.444 e. The molecule has 0 atom stereocenters. The van der Waals surface area contributed by atoms with Crippen LogP contribution in [0.1, 0.15) is 41.5 Å². The summed E-state index contributed by atoms with van der Waals surface area (Å²) < 4.78 is 37.3. The lowest BCUT2D eigenvalue weighted by Crippen LogP contribution is -2.42. The van der Waals surface area contributed by atoms with E-state index in [-0.39, 0.29) is 6.61 Å². The van der Waals surface area contributed by atoms with Gasteiger partial charge in [-0.3, -0.25) is 9.08 Å². The Balaban J connectivity index is 4.45. The van der Waals surface area contributed by atoms with Crippen LogP contribution in [0.15, 0.2) is 0 Å². The third kappa shape index (κ3) is 17.8. The second kappa shape index (κ2) is 11.4. The molecule has 0 aromatic carbocycles. The minimum absolute atomic E-state index is 0.0301. The van der Waals surface area contributed by atoms with Crippen LogP contribution < -0.4 is 10.6 Å². The predicted molar refractivity (Wildman–Crippen MR) is 106 cm³/mol. The summed E-state index contributed by atoms with van der Waals surface area (Å²) in [5.74, 6) is 0. The van der Waals surface area contributed by atoms with Gasteiger partial charge in [-0.05, 0) is 41.5 Å². The van der Waals surface area contributed by atoms with Crippen LogP contribution in [0.2, 0.25) is 0 Å². The summed E-state index contributed by atoms with van der Waals surface area (Å²) in [7, 11) is -3.53. The van der Waals surface area contributed by atoms with Gasteiger partial charge in [0.25, 0.3) is 10.1 Å². The topological polar surface area (TPSA) is 123 Å². The molecule has 0 radical (unpaired) electrons. The van der Waals surface area contributed by atoms with Crippen molar-refractivity contribution in [3.63, 3.8) is 0 Å². The van der Waals surface area contributed by atoms with Crippen LogP contribution in [0.3, 0.4) is 0 Å². The van der Waals surface area contributed by atoms with Gasteiger partial charge in [0.2, 0.25) is 0 Å². The molecular formula is C17H35N3O7S. The number of alkyl carbamates (subject to hydrolysis) is 2. The molecule has 166 valence electrons. The second-order valence-corrected chi connectivity index (χ2v) is 9.87. The van der Waals surface area contributed by atoms with E-state index in [9.17, 15) is 18.0 Å². The summed E-state index contributed by atoms with van der Waals surface area (Å²) in [5, 5.41) is 5.27. The van der Waals surface area contributed by atoms with Gasteiger partial charge in [-0.15, -0.1) is 0 Å². The van der Waals surface area contributed by atoms with Gasteiger partial charge in [-0.2, -0.15) is 8.42 Å². The Kier molecular flexibility index (Phi) is 10.8. The van der Waals surface area contributed by atoms with Crippen molar-refractivity contribution in [3.05, 3.63) is 0 Å². The van der Waals surface area contributed by atoms with E-state index in [0.29, 0.717) is 32.7 Å². The number of rotatable bonds is 10. The lowest BCUT2D eigenvalue weighted by atomic mass is 10.2. The summed E-state index contributed by atoms with van der Waals surface area (Å²) in [6.45, 7) is 12.3. The Morgan fingerprint density at radius 1 is 0.821 bits per heavy atom. The Morgan fingerprint density at radius 2 is 1.21 bits per heavy atom. The van der Waals surface area contributed by atoms with Crippen molar-refractivity contribution in [3.8, 4) is 0 Å². The van der Waals surface area contributed by atoms with Crippen molar-refractivity contribution in [1.29, 1.82) is 0 Å². The van der Waals surface area contributed by atoms with Gasteiger partial charge >= 0.3 is 12.2 Å². The smallest absolute Gasteiger partial charge is 0.407 e. The Hall–Kier alpha value is -1.59. The first kappa shape index (κ1) is 26.4. The van der Waals surface area contributed by atoms with E-state index in [4.69, 9.17) is 13.7 Å². The third-order valence-corrected chi connectivity index (χ3v) is 3.49. The average Bonchev–Trinajstić information content (AvgIpc) is 2.41. The third-order valence-electron chi connectivity index (χ3n) is 2.90. The molecular weight excluding hydrogens is 390 g/mol. The molecule has 0 bridgehead atoms. The Bertz CT molecular complexity index is 561. The van der Waals surface area contributed by atoms with Gasteiger partial charge in [0, 0.05) is 32.7 Å². The number of hydrogen-bond donors (Lipinski definition) is 2. The summed E-state index contributed by atoms with van der Waals surface area (Å²) in [6.07, 6.45) is -0.0933. The number of amides is 2. The molecule has 0 spiro atoms. The van der Waals surface area contributed by atoms with E-state index in [1.807, 2.05) is 4.90 Å². The van der Waals surface area contributed by atoms with Crippen molar-refractivity contribution in [1.82, 2.24) is 15.5 Å². The van der Waals surface area contributed by atoms with Crippen molar-refractivity contribution in [2.24, 2.45) is 0 Å². The highest BCUT2D eigenvalue weighted by atomic mass is 32.2. The standard InChI is InChI=1S/C17H35N3O7S/c1-16(2,3)26-14(21)18-8-10-20(12-13-25-28(7,23)24)11-9-19-15(22)27-17(4,5)6/h8-13H2,1-7H3,(H,18,21)(H,19,22). The lowest BCUT2D eigenvalue weighted by molar-refractivity contribution is 0.0520. The van der Waals surface area contributed by atoms with Crippen LogP contribution in [-0.4, -0.2) is 82.3 Å². The highest BCUT2D eigenvalue weighted by Crippen LogP contribution is 2.07. The second-order valence-electron chi connectivity index (χ2n) is 8.23. The van der Waals surface area contributed by atoms with Crippen LogP contribution in [0.25, 0.3) is 0 Å². The van der Waals surface area contributed by atoms with Gasteiger partial charge in [-0.25, -0.2) is 9.59 Å². The number of ether oxygens (including phenoxy) is 2. The van der Waals surface area contributed by atoms with Crippen LogP contribution in [0.5, 0.6) is 0 Å². The first-order chi connectivity index (χ1) is 12.6. The largest absolute Gasteiger partial charge is 0.444 e. The predicted octanol–water partition coefficient (Wildman–Crippen LogP) is 1.31. The fraction of sp³-hybridized carbons (Fsp3) is 0.882. The molecule has 2 N–H and O–H groups in total. The fourth-order valence-corrected chi connectivity index (χ4v) is 2.29. The first-order valence-electron chi connectivity index (χ1n) is 9.08. The molecule has 0 saturated carbocycles. The van der Waals surface area contributed by atoms with Crippen molar-refractivity contribution < 1.29 is 31.7 Å². The fourth-order valence-electron chi connectivity index (χ4n) is 1.91. The number of hydrogen-bond acceptors (Lipinski definition) is 8. The maximum Gasteiger partial charge on any atom is 0.407 e. The van der Waals surface area contributed by atoms with Gasteiger partial charge in [0.05, 0.1) is 12.9 Å². The highest BCUT2D eigenvalue weighted by Gasteiger charge is 2.17. The van der Waals surface area contributed by atoms with Crippen LogP contribution >= 0.6 is 0 Å². The molecule has 0 aromatic heterocycles. The number of carbonyl (C=O) groups excluding carboxylic acids is 2. The monoisotopic (exact) mass is 425 g/mol. The Morgan fingerprint density at radius 3 is 1.54 bits per heavy atom. The van der Waals surface area contributed by atoms with Gasteiger partial charge in [-0.1, -0.05) is 0 Å². The molecule has 2 amide bonds. The molecule has 0 aliphatic rings. The number of carbonyl (C=O) groups is 2. The van der Waals surface area contributed by atoms with E-state index in [1.54, 1.807) is 41.5 Å². The van der Waals surface area contributed by atoms with Crippen molar-refractivity contribution in [2.75, 3.05) is 45.6 Å². The summed E-state index contributed by atoms with van der Waals surface area (Å²) in [6, 6.07) is 0. The molecule has 10 nitrogen and oxygen atoms in total. The molecule has 0 aliphatic carbocycles. The van der Waals surface area contributed by atoms with Crippen LogP contribution in [0.4, 0.5) is 9.59 Å². The molecule has 0 heterocycles. The molecule has 0 aromatic rings. The number of nitrogens with one attached hydrogen (secondary N) is 2. The van der Waals surface area contributed by atoms with E-state index >= 15 is 0 Å². The quantitative estimate of drug-likeness (QED) is 0.502. The zero-order valence-corrected chi connectivity index (χ0v) is 18.8. The zero-order valence-electron chi connectivity index (χ0n) is 18.0. The molecule has 0 rings (SSSR count). The summed E-state index contributed by atoms with van der Waals surface area (Å²) in [4.78, 5) is 25.2. The average molecular weight is 426 g/mol. The highest BCUT2D eigenvalue weighted by molar-refractivity contribution is 7.85. The molecule has 0 fully saturated rings. The normalized spacial score (nSPS) is 12.6. The molecule has 11 heteroatoms. The van der Waals surface area contributed by atoms with Crippen molar-refractivity contribution >= 4 is 22.3 Å². The van der Waals surface area contributed by atoms with E-state index in [2.05, 4.69) is 10.6 Å². The van der Waals surface area contributed by atoms with Gasteiger partial charge < -0.3 is 20.1 Å². The van der Waals surface area contributed by atoms with Crippen LogP contribution in [-0.2, 0) is 23.8 Å².